The summed E-state index contributed by atoms with van der Waals surface area (Å²) in [7, 11) is 1.66. The number of aromatic nitrogens is 3. The van der Waals surface area contributed by atoms with Crippen LogP contribution in [0.5, 0.6) is 0 Å². The lowest BCUT2D eigenvalue weighted by Gasteiger charge is -2.09. The number of aromatic amines is 1. The molecular weight excluding hydrogens is 340 g/mol. The highest BCUT2D eigenvalue weighted by atomic mass is 16.5. The van der Waals surface area contributed by atoms with E-state index in [9.17, 15) is 4.79 Å². The quantitative estimate of drug-likeness (QED) is 0.533. The van der Waals surface area contributed by atoms with Crippen LogP contribution in [0.4, 0.5) is 5.82 Å². The first-order valence-electron chi connectivity index (χ1n) is 8.92. The summed E-state index contributed by atoms with van der Waals surface area (Å²) in [6.07, 6.45) is 2.01. The molecule has 27 heavy (non-hydrogen) atoms. The normalized spacial score (nSPS) is 11.4. The van der Waals surface area contributed by atoms with Gasteiger partial charge in [-0.1, -0.05) is 17.7 Å². The van der Waals surface area contributed by atoms with Gasteiger partial charge >= 0.3 is 0 Å². The van der Waals surface area contributed by atoms with Gasteiger partial charge in [0.15, 0.2) is 0 Å². The zero-order valence-electron chi connectivity index (χ0n) is 15.7. The molecule has 0 fully saturated rings. The molecule has 0 unspecified atom stereocenters. The van der Waals surface area contributed by atoms with E-state index in [0.29, 0.717) is 24.4 Å². The van der Waals surface area contributed by atoms with Gasteiger partial charge < -0.3 is 15.0 Å². The van der Waals surface area contributed by atoms with Crippen molar-refractivity contribution < 1.29 is 4.74 Å². The van der Waals surface area contributed by atoms with Crippen molar-refractivity contribution in [3.63, 3.8) is 0 Å². The molecule has 0 bridgehead atoms. The number of hydrogen-bond acceptors (Lipinski definition) is 4. The van der Waals surface area contributed by atoms with Crippen LogP contribution < -0.4 is 10.9 Å². The van der Waals surface area contributed by atoms with Crippen molar-refractivity contribution in [3.8, 4) is 11.3 Å². The SMILES string of the molecule is COCCNc1c(-c2cc3cc(C)ccc3[nH]c2=O)nc2ccc(C)cn12. The Balaban J connectivity index is 1.94. The summed E-state index contributed by atoms with van der Waals surface area (Å²) in [6.45, 7) is 5.25. The molecule has 0 aliphatic carbocycles. The Labute approximate surface area is 156 Å². The number of fused-ring (bicyclic) bond motifs is 2. The molecule has 0 aliphatic rings. The second kappa shape index (κ2) is 6.89. The van der Waals surface area contributed by atoms with Crippen LogP contribution in [0.25, 0.3) is 27.8 Å². The lowest BCUT2D eigenvalue weighted by molar-refractivity contribution is 0.210. The molecule has 0 amide bonds. The monoisotopic (exact) mass is 362 g/mol. The number of rotatable bonds is 5. The summed E-state index contributed by atoms with van der Waals surface area (Å²) in [5.74, 6) is 0.795. The molecule has 0 radical (unpaired) electrons. The van der Waals surface area contributed by atoms with Gasteiger partial charge in [0.2, 0.25) is 0 Å². The van der Waals surface area contributed by atoms with Gasteiger partial charge in [-0.3, -0.25) is 9.20 Å². The predicted octanol–water partition coefficient (Wildman–Crippen LogP) is 3.52. The van der Waals surface area contributed by atoms with E-state index >= 15 is 0 Å². The largest absolute Gasteiger partial charge is 0.383 e. The zero-order valence-corrected chi connectivity index (χ0v) is 15.7. The Kier molecular flexibility index (Phi) is 4.41. The van der Waals surface area contributed by atoms with Crippen molar-refractivity contribution in [2.75, 3.05) is 25.6 Å². The average Bonchev–Trinajstić information content (AvgIpc) is 2.99. The first-order valence-corrected chi connectivity index (χ1v) is 8.92. The molecule has 6 nitrogen and oxygen atoms in total. The Morgan fingerprint density at radius 3 is 2.78 bits per heavy atom. The number of H-pyrrole nitrogens is 1. The van der Waals surface area contributed by atoms with Gasteiger partial charge in [0.25, 0.3) is 5.56 Å². The first kappa shape index (κ1) is 17.3. The highest BCUT2D eigenvalue weighted by molar-refractivity contribution is 5.86. The number of aryl methyl sites for hydroxylation is 2. The third kappa shape index (κ3) is 3.19. The number of nitrogens with zero attached hydrogens (tertiary/aromatic N) is 2. The van der Waals surface area contributed by atoms with E-state index < -0.39 is 0 Å². The van der Waals surface area contributed by atoms with Gasteiger partial charge in [-0.25, -0.2) is 4.98 Å². The molecule has 3 aromatic heterocycles. The third-order valence-corrected chi connectivity index (χ3v) is 4.62. The van der Waals surface area contributed by atoms with Crippen molar-refractivity contribution in [1.29, 1.82) is 0 Å². The molecular formula is C21H22N4O2. The van der Waals surface area contributed by atoms with Crippen LogP contribution in [0.15, 0.2) is 47.4 Å². The molecule has 3 heterocycles. The highest BCUT2D eigenvalue weighted by Crippen LogP contribution is 2.28. The van der Waals surface area contributed by atoms with Crippen LogP contribution in [0.2, 0.25) is 0 Å². The topological polar surface area (TPSA) is 71.4 Å². The van der Waals surface area contributed by atoms with E-state index in [4.69, 9.17) is 9.72 Å². The minimum absolute atomic E-state index is 0.152. The third-order valence-electron chi connectivity index (χ3n) is 4.62. The molecule has 6 heteroatoms. The van der Waals surface area contributed by atoms with Gasteiger partial charge in [0.05, 0.1) is 12.2 Å². The minimum atomic E-state index is -0.152. The Bertz CT molecular complexity index is 1190. The van der Waals surface area contributed by atoms with Crippen LogP contribution in [-0.4, -0.2) is 34.6 Å². The van der Waals surface area contributed by atoms with E-state index in [0.717, 1.165) is 33.5 Å². The van der Waals surface area contributed by atoms with E-state index in [1.807, 2.05) is 54.8 Å². The maximum Gasteiger partial charge on any atom is 0.258 e. The molecule has 0 saturated carbocycles. The number of ether oxygens (including phenoxy) is 1. The van der Waals surface area contributed by atoms with Crippen LogP contribution in [0.3, 0.4) is 0 Å². The molecule has 0 spiro atoms. The van der Waals surface area contributed by atoms with Crippen LogP contribution in [-0.2, 0) is 4.74 Å². The van der Waals surface area contributed by atoms with E-state index in [1.165, 1.54) is 0 Å². The molecule has 0 atom stereocenters. The molecule has 138 valence electrons. The number of nitrogens with one attached hydrogen (secondary N) is 2. The Morgan fingerprint density at radius 1 is 1.15 bits per heavy atom. The van der Waals surface area contributed by atoms with Gasteiger partial charge in [-0.15, -0.1) is 0 Å². The molecule has 4 rings (SSSR count). The number of methoxy groups -OCH3 is 1. The van der Waals surface area contributed by atoms with Crippen molar-refractivity contribution >= 4 is 22.4 Å². The van der Waals surface area contributed by atoms with Gasteiger partial charge in [-0.05, 0) is 49.1 Å². The molecule has 0 saturated heterocycles. The van der Waals surface area contributed by atoms with Crippen LogP contribution in [0.1, 0.15) is 11.1 Å². The van der Waals surface area contributed by atoms with Crippen molar-refractivity contribution in [2.24, 2.45) is 0 Å². The minimum Gasteiger partial charge on any atom is -0.383 e. The average molecular weight is 362 g/mol. The van der Waals surface area contributed by atoms with Crippen molar-refractivity contribution in [1.82, 2.24) is 14.4 Å². The number of anilines is 1. The fourth-order valence-corrected chi connectivity index (χ4v) is 3.28. The lowest BCUT2D eigenvalue weighted by Crippen LogP contribution is -2.13. The van der Waals surface area contributed by atoms with Crippen LogP contribution in [0, 0.1) is 13.8 Å². The summed E-state index contributed by atoms with van der Waals surface area (Å²) in [5.41, 5.74) is 4.91. The van der Waals surface area contributed by atoms with Gasteiger partial charge in [0, 0.05) is 25.4 Å². The molecule has 2 N–H and O–H groups in total. The summed E-state index contributed by atoms with van der Waals surface area (Å²) in [5, 5.41) is 4.36. The van der Waals surface area contributed by atoms with Crippen LogP contribution >= 0.6 is 0 Å². The maximum atomic E-state index is 12.8. The number of hydrogen-bond donors (Lipinski definition) is 2. The Hall–Kier alpha value is -3.12. The summed E-state index contributed by atoms with van der Waals surface area (Å²) >= 11 is 0. The smallest absolute Gasteiger partial charge is 0.258 e. The number of benzene rings is 1. The van der Waals surface area contributed by atoms with Gasteiger partial charge in [-0.2, -0.15) is 0 Å². The number of pyridine rings is 2. The standard InChI is InChI=1S/C21H22N4O2/c1-13-4-6-17-15(10-13)11-16(21(26)23-17)19-20(22-8-9-27-3)25-12-14(2)5-7-18(25)24-19/h4-7,10-12,22H,8-9H2,1-3H3,(H,23,26). The molecule has 1 aromatic carbocycles. The highest BCUT2D eigenvalue weighted by Gasteiger charge is 2.17. The second-order valence-corrected chi connectivity index (χ2v) is 6.77. The number of imidazole rings is 1. The van der Waals surface area contributed by atoms with E-state index in [-0.39, 0.29) is 5.56 Å². The zero-order chi connectivity index (χ0) is 19.0. The summed E-state index contributed by atoms with van der Waals surface area (Å²) in [4.78, 5) is 20.5. The lowest BCUT2D eigenvalue weighted by atomic mass is 10.1. The fraction of sp³-hybridized carbons (Fsp3) is 0.238. The summed E-state index contributed by atoms with van der Waals surface area (Å²) < 4.78 is 7.14. The van der Waals surface area contributed by atoms with Gasteiger partial charge in [0.1, 0.15) is 17.2 Å². The fourth-order valence-electron chi connectivity index (χ4n) is 3.28. The molecule has 4 aromatic rings. The predicted molar refractivity (Wildman–Crippen MR) is 109 cm³/mol. The van der Waals surface area contributed by atoms with E-state index in [2.05, 4.69) is 16.4 Å². The van der Waals surface area contributed by atoms with Crippen molar-refractivity contribution in [3.05, 3.63) is 64.1 Å². The molecule has 0 aliphatic heterocycles. The maximum absolute atomic E-state index is 12.8. The Morgan fingerprint density at radius 2 is 1.96 bits per heavy atom. The van der Waals surface area contributed by atoms with Crippen molar-refractivity contribution in [2.45, 2.75) is 13.8 Å². The second-order valence-electron chi connectivity index (χ2n) is 6.77. The first-order chi connectivity index (χ1) is 13.1. The van der Waals surface area contributed by atoms with E-state index in [1.54, 1.807) is 7.11 Å². The summed E-state index contributed by atoms with van der Waals surface area (Å²) in [6, 6.07) is 11.9.